The van der Waals surface area contributed by atoms with E-state index in [0.717, 1.165) is 11.3 Å². The molecule has 6 heteroatoms. The number of nitrogen functional groups attached to an aromatic ring is 1. The van der Waals surface area contributed by atoms with Crippen LogP contribution in [0, 0.1) is 0 Å². The van der Waals surface area contributed by atoms with Gasteiger partial charge in [0.2, 0.25) is 0 Å². The summed E-state index contributed by atoms with van der Waals surface area (Å²) >= 11 is 13.3. The molecule has 0 radical (unpaired) electrons. The average Bonchev–Trinajstić information content (AvgIpc) is 2.60. The van der Waals surface area contributed by atoms with Gasteiger partial charge < -0.3 is 5.73 Å². The minimum atomic E-state index is 0.503. The fourth-order valence-corrected chi connectivity index (χ4v) is 2.78. The van der Waals surface area contributed by atoms with Gasteiger partial charge in [0.05, 0.1) is 16.3 Å². The molecule has 74 valence electrons. The largest absolute Gasteiger partial charge is 0.389 e. The molecule has 0 bridgehead atoms. The first-order valence-electron chi connectivity index (χ1n) is 3.83. The Morgan fingerprint density at radius 3 is 2.64 bits per heavy atom. The highest BCUT2D eigenvalue weighted by atomic mass is 35.5. The number of halogens is 2. The fraction of sp³-hybridized carbons (Fsp3) is 0.125. The van der Waals surface area contributed by atoms with E-state index in [1.807, 2.05) is 13.1 Å². The van der Waals surface area contributed by atoms with Crippen molar-refractivity contribution in [2.75, 3.05) is 5.73 Å². The Bertz CT molecular complexity index is 475. The van der Waals surface area contributed by atoms with Crippen LogP contribution in [0.15, 0.2) is 12.3 Å². The molecule has 0 aliphatic carbocycles. The molecule has 0 atom stereocenters. The van der Waals surface area contributed by atoms with Gasteiger partial charge >= 0.3 is 0 Å². The third-order valence-electron chi connectivity index (χ3n) is 1.91. The molecule has 2 heterocycles. The van der Waals surface area contributed by atoms with Gasteiger partial charge in [0.25, 0.3) is 0 Å². The molecule has 0 amide bonds. The molecular weight excluding hydrogens is 241 g/mol. The summed E-state index contributed by atoms with van der Waals surface area (Å²) in [7, 11) is 1.83. The van der Waals surface area contributed by atoms with Crippen LogP contribution < -0.4 is 5.73 Å². The maximum absolute atomic E-state index is 6.04. The van der Waals surface area contributed by atoms with Crippen molar-refractivity contribution in [2.24, 2.45) is 7.05 Å². The first-order chi connectivity index (χ1) is 6.61. The lowest BCUT2D eigenvalue weighted by atomic mass is 10.2. The topological polar surface area (TPSA) is 43.8 Å². The first-order valence-corrected chi connectivity index (χ1v) is 5.40. The van der Waals surface area contributed by atoms with Crippen LogP contribution in [0.1, 0.15) is 0 Å². The lowest BCUT2D eigenvalue weighted by Gasteiger charge is -2.00. The molecule has 14 heavy (non-hydrogen) atoms. The Morgan fingerprint density at radius 2 is 2.21 bits per heavy atom. The number of aromatic nitrogens is 2. The van der Waals surface area contributed by atoms with Gasteiger partial charge in [-0.05, 0) is 6.07 Å². The van der Waals surface area contributed by atoms with Crippen molar-refractivity contribution in [1.29, 1.82) is 0 Å². The van der Waals surface area contributed by atoms with Crippen molar-refractivity contribution in [3.63, 3.8) is 0 Å². The smallest absolute Gasteiger partial charge is 0.107 e. The fourth-order valence-electron chi connectivity index (χ4n) is 1.23. The minimum absolute atomic E-state index is 0.503. The zero-order valence-electron chi connectivity index (χ0n) is 7.29. The predicted octanol–water partition coefficient (Wildman–Crippen LogP) is 3.04. The highest BCUT2D eigenvalue weighted by Crippen LogP contribution is 2.44. The van der Waals surface area contributed by atoms with Crippen LogP contribution >= 0.6 is 34.5 Å². The monoisotopic (exact) mass is 247 g/mol. The van der Waals surface area contributed by atoms with Gasteiger partial charge in [-0.3, -0.25) is 4.68 Å². The normalized spacial score (nSPS) is 10.8. The van der Waals surface area contributed by atoms with E-state index in [1.54, 1.807) is 10.9 Å². The number of thiophene rings is 1. The van der Waals surface area contributed by atoms with Crippen molar-refractivity contribution in [3.8, 4) is 11.3 Å². The molecule has 0 aromatic carbocycles. The van der Waals surface area contributed by atoms with E-state index < -0.39 is 0 Å². The molecule has 0 aliphatic rings. The van der Waals surface area contributed by atoms with Crippen molar-refractivity contribution >= 4 is 39.5 Å². The number of rotatable bonds is 1. The molecule has 0 unspecified atom stereocenters. The van der Waals surface area contributed by atoms with E-state index in [4.69, 9.17) is 28.9 Å². The van der Waals surface area contributed by atoms with E-state index in [0.29, 0.717) is 14.4 Å². The maximum atomic E-state index is 6.04. The molecule has 0 fully saturated rings. The molecule has 0 aliphatic heterocycles. The van der Waals surface area contributed by atoms with Gasteiger partial charge in [-0.1, -0.05) is 23.2 Å². The molecule has 0 saturated heterocycles. The van der Waals surface area contributed by atoms with Crippen molar-refractivity contribution in [3.05, 3.63) is 21.6 Å². The summed E-state index contributed by atoms with van der Waals surface area (Å²) in [6.07, 6.45) is 1.69. The van der Waals surface area contributed by atoms with Crippen LogP contribution in [-0.4, -0.2) is 9.78 Å². The summed E-state index contributed by atoms with van der Waals surface area (Å²) < 4.78 is 2.30. The lowest BCUT2D eigenvalue weighted by Crippen LogP contribution is -1.93. The standard InChI is InChI=1S/C8H7Cl2N3S/c1-13-4(2-3-12-13)5-6(9)8(11)14-7(5)10/h2-3H,11H2,1H3. The molecule has 2 rings (SSSR count). The van der Waals surface area contributed by atoms with E-state index in [1.165, 1.54) is 11.3 Å². The molecule has 3 nitrogen and oxygen atoms in total. The highest BCUT2D eigenvalue weighted by molar-refractivity contribution is 7.21. The molecule has 2 aromatic rings. The van der Waals surface area contributed by atoms with Crippen LogP contribution in [-0.2, 0) is 7.05 Å². The lowest BCUT2D eigenvalue weighted by molar-refractivity contribution is 0.776. The van der Waals surface area contributed by atoms with E-state index >= 15 is 0 Å². The summed E-state index contributed by atoms with van der Waals surface area (Å²) in [5.41, 5.74) is 7.30. The highest BCUT2D eigenvalue weighted by Gasteiger charge is 2.17. The number of anilines is 1. The van der Waals surface area contributed by atoms with Crippen molar-refractivity contribution in [1.82, 2.24) is 9.78 Å². The van der Waals surface area contributed by atoms with Crippen LogP contribution in [0.3, 0.4) is 0 Å². The first kappa shape index (κ1) is 9.83. The Morgan fingerprint density at radius 1 is 1.50 bits per heavy atom. The maximum Gasteiger partial charge on any atom is 0.107 e. The predicted molar refractivity (Wildman–Crippen MR) is 61.0 cm³/mol. The number of nitrogens with two attached hydrogens (primary N) is 1. The zero-order valence-corrected chi connectivity index (χ0v) is 9.62. The van der Waals surface area contributed by atoms with Gasteiger partial charge in [0.1, 0.15) is 9.34 Å². The second kappa shape index (κ2) is 3.46. The van der Waals surface area contributed by atoms with Gasteiger partial charge in [0.15, 0.2) is 0 Å². The van der Waals surface area contributed by atoms with E-state index in [2.05, 4.69) is 5.10 Å². The third kappa shape index (κ3) is 1.39. The molecule has 2 aromatic heterocycles. The minimum Gasteiger partial charge on any atom is -0.389 e. The summed E-state index contributed by atoms with van der Waals surface area (Å²) in [5.74, 6) is 0. The second-order valence-corrected chi connectivity index (χ2v) is 4.80. The molecule has 2 N–H and O–H groups in total. The average molecular weight is 248 g/mol. The molecule has 0 saturated carbocycles. The Kier molecular flexibility index (Phi) is 2.43. The summed E-state index contributed by atoms with van der Waals surface area (Å²) in [6, 6.07) is 1.85. The zero-order chi connectivity index (χ0) is 10.3. The number of hydrogen-bond acceptors (Lipinski definition) is 3. The van der Waals surface area contributed by atoms with Gasteiger partial charge in [-0.2, -0.15) is 5.10 Å². The van der Waals surface area contributed by atoms with Crippen LogP contribution in [0.25, 0.3) is 11.3 Å². The van der Waals surface area contributed by atoms with Crippen molar-refractivity contribution in [2.45, 2.75) is 0 Å². The van der Waals surface area contributed by atoms with Crippen LogP contribution in [0.5, 0.6) is 0 Å². The Hall–Kier alpha value is -0.710. The van der Waals surface area contributed by atoms with Crippen LogP contribution in [0.2, 0.25) is 9.36 Å². The summed E-state index contributed by atoms with van der Waals surface area (Å²) in [4.78, 5) is 0. The summed E-state index contributed by atoms with van der Waals surface area (Å²) in [5, 5.41) is 5.09. The quantitative estimate of drug-likeness (QED) is 0.842. The second-order valence-electron chi connectivity index (χ2n) is 2.77. The number of nitrogens with zero attached hydrogens (tertiary/aromatic N) is 2. The molecule has 0 spiro atoms. The molecular formula is C8H7Cl2N3S. The SMILES string of the molecule is Cn1nccc1-c1c(Cl)sc(N)c1Cl. The Labute approximate surface area is 95.0 Å². The van der Waals surface area contributed by atoms with Crippen molar-refractivity contribution < 1.29 is 0 Å². The third-order valence-corrected chi connectivity index (χ3v) is 3.64. The number of hydrogen-bond donors (Lipinski definition) is 1. The van der Waals surface area contributed by atoms with Gasteiger partial charge in [-0.15, -0.1) is 11.3 Å². The van der Waals surface area contributed by atoms with Gasteiger partial charge in [0, 0.05) is 13.2 Å². The Balaban J connectivity index is 2.68. The summed E-state index contributed by atoms with van der Waals surface area (Å²) in [6.45, 7) is 0. The van der Waals surface area contributed by atoms with Gasteiger partial charge in [-0.25, -0.2) is 0 Å². The number of aryl methyl sites for hydroxylation is 1. The van der Waals surface area contributed by atoms with Crippen LogP contribution in [0.4, 0.5) is 5.00 Å². The van der Waals surface area contributed by atoms with E-state index in [-0.39, 0.29) is 0 Å². The van der Waals surface area contributed by atoms with E-state index in [9.17, 15) is 0 Å².